The third-order valence-corrected chi connectivity index (χ3v) is 6.12. The Bertz CT molecular complexity index is 652. The van der Waals surface area contributed by atoms with Crippen molar-refractivity contribution in [2.75, 3.05) is 32.6 Å². The molecule has 3 rings (SSSR count). The molecule has 9 heteroatoms. The molecule has 3 heterocycles. The number of likely N-dealkylation sites (tertiary alicyclic amines) is 1. The lowest BCUT2D eigenvalue weighted by Crippen LogP contribution is -2.57. The second-order valence-electron chi connectivity index (χ2n) is 6.30. The summed E-state index contributed by atoms with van der Waals surface area (Å²) in [7, 11) is -3.28. The van der Waals surface area contributed by atoms with Gasteiger partial charge >= 0.3 is 0 Å². The van der Waals surface area contributed by atoms with Crippen LogP contribution in [-0.2, 0) is 14.8 Å². The zero-order valence-electron chi connectivity index (χ0n) is 13.0. The lowest BCUT2D eigenvalue weighted by molar-refractivity contribution is -0.0400. The Morgan fingerprint density at radius 1 is 1.43 bits per heavy atom. The minimum Gasteiger partial charge on any atom is -0.380 e. The number of hydrogen-bond donors (Lipinski definition) is 1. The van der Waals surface area contributed by atoms with Gasteiger partial charge in [0.1, 0.15) is 5.69 Å². The van der Waals surface area contributed by atoms with Gasteiger partial charge in [0.15, 0.2) is 0 Å². The van der Waals surface area contributed by atoms with Crippen molar-refractivity contribution in [1.29, 1.82) is 0 Å². The van der Waals surface area contributed by atoms with Crippen LogP contribution < -0.4 is 4.72 Å². The van der Waals surface area contributed by atoms with E-state index in [1.165, 1.54) is 17.6 Å². The molecule has 1 amide bonds. The lowest BCUT2D eigenvalue weighted by atomic mass is 9.69. The first-order valence-electron chi connectivity index (χ1n) is 7.62. The van der Waals surface area contributed by atoms with E-state index in [-0.39, 0.29) is 17.4 Å². The molecule has 0 radical (unpaired) electrons. The van der Waals surface area contributed by atoms with Crippen LogP contribution in [0.15, 0.2) is 10.9 Å². The van der Waals surface area contributed by atoms with Crippen LogP contribution in [0.5, 0.6) is 0 Å². The number of rotatable bonds is 3. The molecule has 2 aliphatic rings. The molecule has 1 aromatic heterocycles. The van der Waals surface area contributed by atoms with Gasteiger partial charge in [-0.3, -0.25) is 4.79 Å². The summed E-state index contributed by atoms with van der Waals surface area (Å²) in [5.41, 5.74) is 2.02. The summed E-state index contributed by atoms with van der Waals surface area (Å²) in [5.74, 6) is -0.0409. The monoisotopic (exact) mass is 359 g/mol. The zero-order chi connectivity index (χ0) is 16.5. The molecule has 2 fully saturated rings. The van der Waals surface area contributed by atoms with Crippen LogP contribution in [0.3, 0.4) is 0 Å². The number of nitrogens with zero attached hydrogens (tertiary/aromatic N) is 2. The normalized spacial score (nSPS) is 24.7. The Kier molecular flexibility index (Phi) is 4.73. The number of thiazole rings is 1. The number of aromatic nitrogens is 1. The van der Waals surface area contributed by atoms with E-state index in [4.69, 9.17) is 4.74 Å². The highest BCUT2D eigenvalue weighted by Crippen LogP contribution is 2.41. The summed E-state index contributed by atoms with van der Waals surface area (Å²) >= 11 is 1.41. The number of piperidine rings is 1. The summed E-state index contributed by atoms with van der Waals surface area (Å²) < 4.78 is 31.4. The van der Waals surface area contributed by atoms with Crippen molar-refractivity contribution in [3.63, 3.8) is 0 Å². The van der Waals surface area contributed by atoms with E-state index >= 15 is 0 Å². The molecular weight excluding hydrogens is 338 g/mol. The molecule has 0 saturated carbocycles. The molecule has 0 bridgehead atoms. The van der Waals surface area contributed by atoms with Gasteiger partial charge in [-0.1, -0.05) is 0 Å². The van der Waals surface area contributed by atoms with Crippen molar-refractivity contribution >= 4 is 27.3 Å². The molecule has 0 aliphatic carbocycles. The smallest absolute Gasteiger partial charge is 0.273 e. The van der Waals surface area contributed by atoms with Crippen LogP contribution >= 0.6 is 11.3 Å². The van der Waals surface area contributed by atoms with Crippen LogP contribution in [0, 0.1) is 5.41 Å². The van der Waals surface area contributed by atoms with Gasteiger partial charge in [-0.15, -0.1) is 11.3 Å². The minimum atomic E-state index is -3.28. The Morgan fingerprint density at radius 2 is 2.17 bits per heavy atom. The van der Waals surface area contributed by atoms with Crippen LogP contribution in [-0.4, -0.2) is 62.8 Å². The summed E-state index contributed by atoms with van der Waals surface area (Å²) in [5, 5.41) is 1.76. The fraction of sp³-hybridized carbons (Fsp3) is 0.714. The number of carbonyl (C=O) groups excluding carboxylic acids is 1. The first-order valence-corrected chi connectivity index (χ1v) is 10.5. The highest BCUT2D eigenvalue weighted by Gasteiger charge is 2.45. The van der Waals surface area contributed by atoms with E-state index in [0.29, 0.717) is 32.0 Å². The Hall–Kier alpha value is -1.03. The zero-order valence-corrected chi connectivity index (χ0v) is 14.7. The molecule has 1 N–H and O–H groups in total. The molecule has 0 aromatic carbocycles. The number of nitrogens with one attached hydrogen (secondary N) is 1. The topological polar surface area (TPSA) is 88.6 Å². The number of ether oxygens (including phenoxy) is 1. The highest BCUT2D eigenvalue weighted by atomic mass is 32.2. The summed E-state index contributed by atoms with van der Waals surface area (Å²) in [4.78, 5) is 18.3. The maximum atomic E-state index is 12.4. The fourth-order valence-electron chi connectivity index (χ4n) is 3.48. The molecule has 1 aromatic rings. The second kappa shape index (κ2) is 6.46. The van der Waals surface area contributed by atoms with E-state index in [1.807, 2.05) is 4.90 Å². The number of carbonyl (C=O) groups is 1. The fourth-order valence-corrected chi connectivity index (χ4v) is 4.84. The Morgan fingerprint density at radius 3 is 2.78 bits per heavy atom. The molecule has 2 aliphatic heterocycles. The predicted octanol–water partition coefficient (Wildman–Crippen LogP) is 0.704. The number of amides is 1. The predicted molar refractivity (Wildman–Crippen MR) is 86.9 cm³/mol. The van der Waals surface area contributed by atoms with Crippen molar-refractivity contribution in [2.24, 2.45) is 5.41 Å². The van der Waals surface area contributed by atoms with Gasteiger partial charge in [-0.05, 0) is 24.7 Å². The van der Waals surface area contributed by atoms with E-state index in [9.17, 15) is 13.2 Å². The van der Waals surface area contributed by atoms with Gasteiger partial charge in [0, 0.05) is 25.1 Å². The highest BCUT2D eigenvalue weighted by molar-refractivity contribution is 7.88. The molecule has 1 unspecified atom stereocenters. The maximum Gasteiger partial charge on any atom is 0.273 e. The first kappa shape index (κ1) is 16.8. The van der Waals surface area contributed by atoms with Crippen molar-refractivity contribution in [2.45, 2.75) is 25.3 Å². The summed E-state index contributed by atoms with van der Waals surface area (Å²) in [6, 6.07) is -0.220. The van der Waals surface area contributed by atoms with Crippen LogP contribution in [0.2, 0.25) is 0 Å². The largest absolute Gasteiger partial charge is 0.380 e. The van der Waals surface area contributed by atoms with Gasteiger partial charge in [0.25, 0.3) is 5.91 Å². The van der Waals surface area contributed by atoms with Crippen molar-refractivity contribution in [3.8, 4) is 0 Å². The van der Waals surface area contributed by atoms with E-state index in [2.05, 4.69) is 9.71 Å². The third-order valence-electron chi connectivity index (χ3n) is 4.82. The number of hydrogen-bond acceptors (Lipinski definition) is 6. The quantitative estimate of drug-likeness (QED) is 0.858. The molecule has 1 spiro atoms. The van der Waals surface area contributed by atoms with E-state index in [1.54, 1.807) is 10.9 Å². The molecular formula is C14H21N3O4S2. The van der Waals surface area contributed by atoms with Crippen molar-refractivity contribution in [1.82, 2.24) is 14.6 Å². The standard InChI is InChI=1S/C14H21N3O4S2/c1-23(19,20)16-12-8-21-7-4-14(12)2-5-17(6-3-14)13(18)11-9-22-10-15-11/h9-10,12,16H,2-8H2,1H3. The maximum absolute atomic E-state index is 12.4. The summed E-state index contributed by atoms with van der Waals surface area (Å²) in [6.07, 6.45) is 3.55. The molecule has 23 heavy (non-hydrogen) atoms. The van der Waals surface area contributed by atoms with Crippen molar-refractivity contribution in [3.05, 3.63) is 16.6 Å². The van der Waals surface area contributed by atoms with E-state index in [0.717, 1.165) is 19.3 Å². The average Bonchev–Trinajstić information content (AvgIpc) is 3.03. The Labute approximate surface area is 140 Å². The molecule has 1 atom stereocenters. The third kappa shape index (κ3) is 3.73. The molecule has 2 saturated heterocycles. The van der Waals surface area contributed by atoms with Crippen LogP contribution in [0.4, 0.5) is 0 Å². The second-order valence-corrected chi connectivity index (χ2v) is 8.79. The van der Waals surface area contributed by atoms with Gasteiger partial charge in [-0.25, -0.2) is 18.1 Å². The SMILES string of the molecule is CS(=O)(=O)NC1COCCC12CCN(C(=O)c1cscn1)CC2. The van der Waals surface area contributed by atoms with Crippen LogP contribution in [0.1, 0.15) is 29.8 Å². The van der Waals surface area contributed by atoms with Gasteiger partial charge < -0.3 is 9.64 Å². The van der Waals surface area contributed by atoms with Crippen LogP contribution in [0.25, 0.3) is 0 Å². The summed E-state index contributed by atoms with van der Waals surface area (Å²) in [6.45, 7) is 2.28. The van der Waals surface area contributed by atoms with E-state index < -0.39 is 10.0 Å². The van der Waals surface area contributed by atoms with Gasteiger partial charge in [0.05, 0.1) is 24.4 Å². The van der Waals surface area contributed by atoms with Gasteiger partial charge in [0.2, 0.25) is 10.0 Å². The lowest BCUT2D eigenvalue weighted by Gasteiger charge is -2.48. The van der Waals surface area contributed by atoms with Gasteiger partial charge in [-0.2, -0.15) is 0 Å². The molecule has 128 valence electrons. The van der Waals surface area contributed by atoms with Crippen molar-refractivity contribution < 1.29 is 17.9 Å². The number of sulfonamides is 1. The molecule has 7 nitrogen and oxygen atoms in total. The Balaban J connectivity index is 1.69. The first-order chi connectivity index (χ1) is 10.9. The minimum absolute atomic E-state index is 0.0409. The average molecular weight is 359 g/mol.